The van der Waals surface area contributed by atoms with Gasteiger partial charge in [0.15, 0.2) is 0 Å². The number of aromatic nitrogens is 1. The van der Waals surface area contributed by atoms with Crippen LogP contribution in [0.4, 0.5) is 5.82 Å². The molecule has 1 aliphatic rings. The predicted molar refractivity (Wildman–Crippen MR) is 126 cm³/mol. The molecular formula is C26H23ClN2O3. The summed E-state index contributed by atoms with van der Waals surface area (Å²) < 4.78 is 0. The smallest absolute Gasteiger partial charge is 0.301 e. The Morgan fingerprint density at radius 3 is 2.19 bits per heavy atom. The first-order valence-corrected chi connectivity index (χ1v) is 10.6. The molecule has 0 bridgehead atoms. The molecule has 0 aliphatic carbocycles. The molecule has 2 heterocycles. The van der Waals surface area contributed by atoms with Gasteiger partial charge in [0.1, 0.15) is 11.6 Å². The van der Waals surface area contributed by atoms with E-state index < -0.39 is 17.7 Å². The highest BCUT2D eigenvalue weighted by atomic mass is 35.5. The van der Waals surface area contributed by atoms with Crippen molar-refractivity contribution in [2.45, 2.75) is 32.2 Å². The number of halogens is 1. The fourth-order valence-electron chi connectivity index (χ4n) is 3.81. The van der Waals surface area contributed by atoms with Crippen LogP contribution in [-0.4, -0.2) is 21.8 Å². The average Bonchev–Trinajstić information content (AvgIpc) is 3.04. The molecule has 32 heavy (non-hydrogen) atoms. The third kappa shape index (κ3) is 3.92. The topological polar surface area (TPSA) is 70.5 Å². The average molecular weight is 447 g/mol. The first-order valence-electron chi connectivity index (χ1n) is 10.3. The molecule has 0 unspecified atom stereocenters. The number of hydrogen-bond donors (Lipinski definition) is 1. The Labute approximate surface area is 192 Å². The monoisotopic (exact) mass is 446 g/mol. The standard InChI is InChI=1S/C26H23ClN2O3/c1-26(2,3)18-11-7-16(8-12-18)22-21(23(30)17-9-13-19(27)14-10-17)24(31)25(32)29(22)20-6-4-5-15-28-20/h4-15,22,30H,1-3H3/t22-/m1/s1. The zero-order valence-corrected chi connectivity index (χ0v) is 18.8. The van der Waals surface area contributed by atoms with Crippen LogP contribution in [0, 0.1) is 0 Å². The number of ketones is 1. The van der Waals surface area contributed by atoms with Crippen LogP contribution in [-0.2, 0) is 15.0 Å². The van der Waals surface area contributed by atoms with Crippen molar-refractivity contribution in [3.05, 3.63) is 100 Å². The lowest BCUT2D eigenvalue weighted by molar-refractivity contribution is -0.132. The van der Waals surface area contributed by atoms with Crippen LogP contribution in [0.15, 0.2) is 78.5 Å². The van der Waals surface area contributed by atoms with E-state index in [-0.39, 0.29) is 16.7 Å². The maximum atomic E-state index is 13.1. The van der Waals surface area contributed by atoms with Gasteiger partial charge in [-0.3, -0.25) is 14.5 Å². The lowest BCUT2D eigenvalue weighted by Gasteiger charge is -2.25. The molecule has 1 N–H and O–H groups in total. The minimum Gasteiger partial charge on any atom is -0.507 e. The highest BCUT2D eigenvalue weighted by molar-refractivity contribution is 6.51. The maximum absolute atomic E-state index is 13.1. The number of nitrogens with zero attached hydrogens (tertiary/aromatic N) is 2. The van der Waals surface area contributed by atoms with E-state index in [1.807, 2.05) is 24.3 Å². The Morgan fingerprint density at radius 2 is 1.62 bits per heavy atom. The van der Waals surface area contributed by atoms with E-state index in [4.69, 9.17) is 11.6 Å². The Kier molecular flexibility index (Phi) is 5.61. The van der Waals surface area contributed by atoms with Crippen molar-refractivity contribution >= 4 is 34.9 Å². The molecule has 1 aromatic heterocycles. The van der Waals surface area contributed by atoms with Gasteiger partial charge in [0.25, 0.3) is 5.78 Å². The van der Waals surface area contributed by atoms with Gasteiger partial charge < -0.3 is 5.11 Å². The summed E-state index contributed by atoms with van der Waals surface area (Å²) in [6.07, 6.45) is 1.56. The lowest BCUT2D eigenvalue weighted by atomic mass is 9.85. The van der Waals surface area contributed by atoms with E-state index >= 15 is 0 Å². The molecule has 5 nitrogen and oxygen atoms in total. The molecule has 1 amide bonds. The molecule has 1 atom stereocenters. The third-order valence-corrected chi connectivity index (χ3v) is 5.80. The van der Waals surface area contributed by atoms with Crippen LogP contribution in [0.25, 0.3) is 5.76 Å². The fraction of sp³-hybridized carbons (Fsp3) is 0.192. The van der Waals surface area contributed by atoms with Gasteiger partial charge in [0.05, 0.1) is 11.6 Å². The van der Waals surface area contributed by atoms with Gasteiger partial charge in [0, 0.05) is 16.8 Å². The lowest BCUT2D eigenvalue weighted by Crippen LogP contribution is -2.30. The second kappa shape index (κ2) is 8.24. The van der Waals surface area contributed by atoms with Crippen molar-refractivity contribution in [3.63, 3.8) is 0 Å². The number of Topliss-reactive ketones (excluding diaryl/α,β-unsaturated/α-hetero) is 1. The quantitative estimate of drug-likeness (QED) is 0.320. The van der Waals surface area contributed by atoms with Gasteiger partial charge in [0.2, 0.25) is 0 Å². The minimum absolute atomic E-state index is 0.0199. The largest absolute Gasteiger partial charge is 0.507 e. The Bertz CT molecular complexity index is 1190. The van der Waals surface area contributed by atoms with E-state index in [1.54, 1.807) is 48.7 Å². The number of carbonyl (C=O) groups excluding carboxylic acids is 2. The Morgan fingerprint density at radius 1 is 0.969 bits per heavy atom. The SMILES string of the molecule is CC(C)(C)c1ccc([C@@H]2C(=C(O)c3ccc(Cl)cc3)C(=O)C(=O)N2c2ccccn2)cc1. The number of pyridine rings is 1. The molecule has 1 fully saturated rings. The summed E-state index contributed by atoms with van der Waals surface area (Å²) in [5.74, 6) is -1.39. The van der Waals surface area contributed by atoms with Crippen LogP contribution in [0.3, 0.4) is 0 Å². The van der Waals surface area contributed by atoms with Gasteiger partial charge in [-0.05, 0) is 52.9 Å². The van der Waals surface area contributed by atoms with E-state index in [0.29, 0.717) is 22.0 Å². The van der Waals surface area contributed by atoms with Crippen LogP contribution >= 0.6 is 11.6 Å². The summed E-state index contributed by atoms with van der Waals surface area (Å²) >= 11 is 5.97. The molecule has 1 aliphatic heterocycles. The molecule has 162 valence electrons. The number of amides is 1. The van der Waals surface area contributed by atoms with Crippen molar-refractivity contribution < 1.29 is 14.7 Å². The van der Waals surface area contributed by atoms with E-state index in [2.05, 4.69) is 25.8 Å². The Hall–Kier alpha value is -3.44. The molecular weight excluding hydrogens is 424 g/mol. The molecule has 3 aromatic rings. The first-order chi connectivity index (χ1) is 15.2. The van der Waals surface area contributed by atoms with Crippen LogP contribution in [0.2, 0.25) is 5.02 Å². The van der Waals surface area contributed by atoms with Gasteiger partial charge in [-0.25, -0.2) is 4.98 Å². The molecule has 2 aromatic carbocycles. The molecule has 0 spiro atoms. The van der Waals surface area contributed by atoms with E-state index in [9.17, 15) is 14.7 Å². The number of rotatable bonds is 3. The molecule has 6 heteroatoms. The van der Waals surface area contributed by atoms with Crippen LogP contribution in [0.5, 0.6) is 0 Å². The van der Waals surface area contributed by atoms with E-state index in [0.717, 1.165) is 5.56 Å². The molecule has 4 rings (SSSR count). The van der Waals surface area contributed by atoms with Gasteiger partial charge in [-0.15, -0.1) is 0 Å². The number of carbonyl (C=O) groups is 2. The number of anilines is 1. The first kappa shape index (κ1) is 21.8. The Balaban J connectivity index is 1.91. The highest BCUT2D eigenvalue weighted by Gasteiger charge is 2.47. The van der Waals surface area contributed by atoms with Crippen molar-refractivity contribution in [1.82, 2.24) is 4.98 Å². The molecule has 0 saturated carbocycles. The third-order valence-electron chi connectivity index (χ3n) is 5.55. The number of benzene rings is 2. The zero-order valence-electron chi connectivity index (χ0n) is 18.0. The normalized spacial score (nSPS) is 18.2. The second-order valence-corrected chi connectivity index (χ2v) is 9.17. The number of aliphatic hydroxyl groups is 1. The van der Waals surface area contributed by atoms with Crippen molar-refractivity contribution in [3.8, 4) is 0 Å². The summed E-state index contributed by atoms with van der Waals surface area (Å²) in [4.78, 5) is 31.8. The van der Waals surface area contributed by atoms with Crippen LogP contribution in [0.1, 0.15) is 43.5 Å². The van der Waals surface area contributed by atoms with Gasteiger partial charge in [-0.1, -0.05) is 62.7 Å². The van der Waals surface area contributed by atoms with Gasteiger partial charge in [-0.2, -0.15) is 0 Å². The zero-order chi connectivity index (χ0) is 23.0. The molecule has 0 radical (unpaired) electrons. The number of aliphatic hydroxyl groups excluding tert-OH is 1. The maximum Gasteiger partial charge on any atom is 0.301 e. The summed E-state index contributed by atoms with van der Waals surface area (Å²) in [5, 5.41) is 11.6. The number of hydrogen-bond acceptors (Lipinski definition) is 4. The van der Waals surface area contributed by atoms with Crippen molar-refractivity contribution in [2.24, 2.45) is 0 Å². The van der Waals surface area contributed by atoms with E-state index in [1.165, 1.54) is 4.90 Å². The van der Waals surface area contributed by atoms with Crippen molar-refractivity contribution in [1.29, 1.82) is 0 Å². The van der Waals surface area contributed by atoms with Crippen LogP contribution < -0.4 is 4.90 Å². The highest BCUT2D eigenvalue weighted by Crippen LogP contribution is 2.42. The van der Waals surface area contributed by atoms with Crippen molar-refractivity contribution in [2.75, 3.05) is 4.90 Å². The van der Waals surface area contributed by atoms with Gasteiger partial charge >= 0.3 is 5.91 Å². The fourth-order valence-corrected chi connectivity index (χ4v) is 3.94. The second-order valence-electron chi connectivity index (χ2n) is 8.74. The summed E-state index contributed by atoms with van der Waals surface area (Å²) in [6, 6.07) is 18.6. The predicted octanol–water partition coefficient (Wildman–Crippen LogP) is 5.66. The minimum atomic E-state index is -0.811. The summed E-state index contributed by atoms with van der Waals surface area (Å²) in [5.41, 5.74) is 2.20. The summed E-state index contributed by atoms with van der Waals surface area (Å²) in [6.45, 7) is 6.34. The molecule has 1 saturated heterocycles. The summed E-state index contributed by atoms with van der Waals surface area (Å²) in [7, 11) is 0.